The third-order valence-electron chi connectivity index (χ3n) is 3.18. The smallest absolute Gasteiger partial charge is 0.319 e. The third-order valence-corrected chi connectivity index (χ3v) is 3.18. The van der Waals surface area contributed by atoms with Gasteiger partial charge < -0.3 is 10.6 Å². The molecule has 1 unspecified atom stereocenters. The fourth-order valence-electron chi connectivity index (χ4n) is 2.05. The van der Waals surface area contributed by atoms with Gasteiger partial charge in [-0.25, -0.2) is 9.98 Å². The molecule has 128 valence electrons. The molecule has 0 saturated carbocycles. The summed E-state index contributed by atoms with van der Waals surface area (Å²) >= 11 is 0. The largest absolute Gasteiger partial charge is 0.410 e. The van der Waals surface area contributed by atoms with Crippen LogP contribution >= 0.6 is 0 Å². The molecule has 0 fully saturated rings. The topological polar surface area (TPSA) is 74.8 Å². The van der Waals surface area contributed by atoms with E-state index in [0.29, 0.717) is 0 Å². The van der Waals surface area contributed by atoms with Crippen LogP contribution in [0.4, 0.5) is 26.3 Å². The summed E-state index contributed by atoms with van der Waals surface area (Å²) in [6.07, 6.45) is -9.21. The summed E-state index contributed by atoms with van der Waals surface area (Å²) in [6.45, 7) is 2.52. The molecule has 0 spiro atoms. The van der Waals surface area contributed by atoms with Gasteiger partial charge in [0.05, 0.1) is 6.34 Å². The summed E-state index contributed by atoms with van der Waals surface area (Å²) in [4.78, 5) is 6.84. The average molecular weight is 333 g/mol. The van der Waals surface area contributed by atoms with Crippen LogP contribution in [-0.4, -0.2) is 36.5 Å². The van der Waals surface area contributed by atoms with Gasteiger partial charge in [-0.15, -0.1) is 0 Å². The van der Waals surface area contributed by atoms with Gasteiger partial charge in [0.15, 0.2) is 11.7 Å². The lowest BCUT2D eigenvalue weighted by molar-refractivity contribution is -0.194. The maximum atomic E-state index is 13.0. The summed E-state index contributed by atoms with van der Waals surface area (Å²) < 4.78 is 76.9. The average Bonchev–Trinajstić information content (AvgIpc) is 2.33. The molecule has 1 heterocycles. The molecule has 4 N–H and O–H groups in total. The summed E-state index contributed by atoms with van der Waals surface area (Å²) in [5.74, 6) is -4.88. The quantitative estimate of drug-likeness (QED) is 0.690. The number of hydrogen-bond acceptors (Lipinski definition) is 3. The lowest BCUT2D eigenvalue weighted by Crippen LogP contribution is -2.67. The Balaban J connectivity index is 3.06. The van der Waals surface area contributed by atoms with Gasteiger partial charge in [0, 0.05) is 0 Å². The number of guanidine groups is 1. The van der Waals surface area contributed by atoms with Crippen LogP contribution in [0.2, 0.25) is 0 Å². The van der Waals surface area contributed by atoms with Crippen molar-refractivity contribution in [2.75, 3.05) is 0 Å². The number of hydrogen-bond donors (Lipinski definition) is 3. The molecule has 0 bridgehead atoms. The minimum absolute atomic E-state index is 0.360. The molecular formula is C11H17F6N5. The second-order valence-corrected chi connectivity index (χ2v) is 4.80. The Morgan fingerprint density at radius 2 is 1.77 bits per heavy atom. The van der Waals surface area contributed by atoms with Crippen molar-refractivity contribution in [1.82, 2.24) is 10.6 Å². The van der Waals surface area contributed by atoms with Crippen LogP contribution in [0.1, 0.15) is 26.7 Å². The Bertz CT molecular complexity index is 443. The molecule has 11 heteroatoms. The highest BCUT2D eigenvalue weighted by atomic mass is 19.4. The van der Waals surface area contributed by atoms with Crippen LogP contribution in [0.25, 0.3) is 0 Å². The standard InChI is InChI=1S/C11H17F6N5/c1-3-6(9(12,13)14)11(18)20-5-19-8(22-11)21-7(4-2)10(15,16)17/h5-7H,3-4,18H2,1-2H3,(H2,19,20,21,22)/t6-,7+,11?/m1/s1. The summed E-state index contributed by atoms with van der Waals surface area (Å²) in [6, 6.07) is -2.05. The molecule has 1 aliphatic rings. The molecule has 0 aromatic carbocycles. The summed E-state index contributed by atoms with van der Waals surface area (Å²) in [5.41, 5.74) is 5.59. The Morgan fingerprint density at radius 3 is 2.18 bits per heavy atom. The fourth-order valence-corrected chi connectivity index (χ4v) is 2.05. The molecule has 5 nitrogen and oxygen atoms in total. The van der Waals surface area contributed by atoms with Gasteiger partial charge >= 0.3 is 12.4 Å². The van der Waals surface area contributed by atoms with E-state index in [1.165, 1.54) is 13.8 Å². The van der Waals surface area contributed by atoms with E-state index in [1.54, 1.807) is 0 Å². The molecule has 0 aromatic heterocycles. The van der Waals surface area contributed by atoms with E-state index < -0.39 is 42.5 Å². The number of nitrogens with two attached hydrogens (primary N) is 1. The first-order chi connectivity index (χ1) is 9.94. The van der Waals surface area contributed by atoms with E-state index in [4.69, 9.17) is 5.73 Å². The Morgan fingerprint density at radius 1 is 1.18 bits per heavy atom. The predicted molar refractivity (Wildman–Crippen MR) is 69.1 cm³/mol. The minimum atomic E-state index is -4.66. The van der Waals surface area contributed by atoms with Crippen LogP contribution in [0.3, 0.4) is 0 Å². The number of alkyl halides is 6. The van der Waals surface area contributed by atoms with E-state index >= 15 is 0 Å². The van der Waals surface area contributed by atoms with Crippen molar-refractivity contribution in [3.05, 3.63) is 0 Å². The van der Waals surface area contributed by atoms with Crippen molar-refractivity contribution in [1.29, 1.82) is 0 Å². The molecule has 3 atom stereocenters. The second-order valence-electron chi connectivity index (χ2n) is 4.80. The lowest BCUT2D eigenvalue weighted by atomic mass is 9.97. The number of halogens is 6. The van der Waals surface area contributed by atoms with Crippen LogP contribution in [0.5, 0.6) is 0 Å². The first-order valence-corrected chi connectivity index (χ1v) is 6.52. The van der Waals surface area contributed by atoms with Gasteiger partial charge in [-0.1, -0.05) is 13.8 Å². The fraction of sp³-hybridized carbons (Fsp3) is 0.818. The van der Waals surface area contributed by atoms with Gasteiger partial charge in [0.25, 0.3) is 0 Å². The molecule has 0 saturated heterocycles. The van der Waals surface area contributed by atoms with Gasteiger partial charge in [0.2, 0.25) is 0 Å². The van der Waals surface area contributed by atoms with Gasteiger partial charge in [0.1, 0.15) is 12.0 Å². The highest BCUT2D eigenvalue weighted by molar-refractivity contribution is 5.92. The molecule has 0 aliphatic carbocycles. The highest BCUT2D eigenvalue weighted by Gasteiger charge is 2.52. The van der Waals surface area contributed by atoms with E-state index in [-0.39, 0.29) is 6.42 Å². The van der Waals surface area contributed by atoms with Gasteiger partial charge in [-0.2, -0.15) is 26.3 Å². The number of nitrogens with zero attached hydrogens (tertiary/aromatic N) is 2. The van der Waals surface area contributed by atoms with E-state index in [1.807, 2.05) is 0 Å². The van der Waals surface area contributed by atoms with Gasteiger partial charge in [-0.3, -0.25) is 5.73 Å². The van der Waals surface area contributed by atoms with Crippen molar-refractivity contribution < 1.29 is 26.3 Å². The van der Waals surface area contributed by atoms with E-state index in [2.05, 4.69) is 20.6 Å². The molecule has 0 radical (unpaired) electrons. The Hall–Kier alpha value is -1.52. The minimum Gasteiger partial charge on any atom is -0.319 e. The van der Waals surface area contributed by atoms with E-state index in [0.717, 1.165) is 6.34 Å². The van der Waals surface area contributed by atoms with Crippen LogP contribution < -0.4 is 16.4 Å². The zero-order valence-electron chi connectivity index (χ0n) is 11.9. The normalized spacial score (nSPS) is 27.2. The van der Waals surface area contributed by atoms with Crippen molar-refractivity contribution in [2.24, 2.45) is 21.6 Å². The summed E-state index contributed by atoms with van der Waals surface area (Å²) in [5, 5.41) is 4.36. The van der Waals surface area contributed by atoms with Crippen molar-refractivity contribution in [2.45, 2.75) is 50.9 Å². The van der Waals surface area contributed by atoms with Crippen LogP contribution in [0, 0.1) is 5.92 Å². The predicted octanol–water partition coefficient (Wildman–Crippen LogP) is 2.11. The zero-order valence-corrected chi connectivity index (χ0v) is 11.9. The first-order valence-electron chi connectivity index (χ1n) is 6.52. The maximum absolute atomic E-state index is 13.0. The highest BCUT2D eigenvalue weighted by Crippen LogP contribution is 2.35. The molecule has 0 amide bonds. The van der Waals surface area contributed by atoms with Crippen LogP contribution in [-0.2, 0) is 0 Å². The van der Waals surface area contributed by atoms with Crippen molar-refractivity contribution >= 4 is 12.3 Å². The molecule has 0 aromatic rings. The third kappa shape index (κ3) is 4.24. The molecule has 1 aliphatic heterocycles. The second kappa shape index (κ2) is 6.31. The van der Waals surface area contributed by atoms with Crippen molar-refractivity contribution in [3.63, 3.8) is 0 Å². The molecule has 22 heavy (non-hydrogen) atoms. The summed E-state index contributed by atoms with van der Waals surface area (Å²) in [7, 11) is 0. The van der Waals surface area contributed by atoms with E-state index in [9.17, 15) is 26.3 Å². The number of aliphatic imine (C=N–C) groups is 2. The van der Waals surface area contributed by atoms with Crippen molar-refractivity contribution in [3.8, 4) is 0 Å². The number of nitrogens with one attached hydrogen (secondary N) is 2. The van der Waals surface area contributed by atoms with Crippen LogP contribution in [0.15, 0.2) is 9.98 Å². The Kier molecular flexibility index (Phi) is 5.31. The lowest BCUT2D eigenvalue weighted by Gasteiger charge is -2.38. The monoisotopic (exact) mass is 333 g/mol. The van der Waals surface area contributed by atoms with Gasteiger partial charge in [-0.05, 0) is 12.8 Å². The maximum Gasteiger partial charge on any atom is 0.410 e. The zero-order chi connectivity index (χ0) is 17.2. The molecular weight excluding hydrogens is 316 g/mol. The Labute approximate surface area is 123 Å². The SMILES string of the molecule is CC[C@H](N=C1NC=NC(N)([C@H](CC)C(F)(F)F)N1)C(F)(F)F. The number of rotatable bonds is 4. The molecule has 1 rings (SSSR count). The first kappa shape index (κ1) is 18.5.